The average Bonchev–Trinajstić information content (AvgIpc) is 2.19. The van der Waals surface area contributed by atoms with Gasteiger partial charge in [0.25, 0.3) is 0 Å². The van der Waals surface area contributed by atoms with Gasteiger partial charge in [-0.1, -0.05) is 30.3 Å². The molecule has 1 aromatic rings. The van der Waals surface area contributed by atoms with E-state index in [4.69, 9.17) is 9.47 Å². The third-order valence-corrected chi connectivity index (χ3v) is 2.27. The Balaban J connectivity index is 2.66. The Morgan fingerprint density at radius 3 is 2.00 bits per heavy atom. The monoisotopic (exact) mass is 208 g/mol. The first kappa shape index (κ1) is 12.2. The Hall–Kier alpha value is -0.860. The second-order valence-corrected chi connectivity index (χ2v) is 3.66. The molecule has 1 aromatic carbocycles. The maximum atomic E-state index is 5.65. The fourth-order valence-electron chi connectivity index (χ4n) is 1.72. The number of benzene rings is 1. The molecule has 0 aliphatic heterocycles. The van der Waals surface area contributed by atoms with Crippen molar-refractivity contribution in [2.45, 2.75) is 33.0 Å². The van der Waals surface area contributed by atoms with Crippen molar-refractivity contribution in [2.75, 3.05) is 13.2 Å². The molecule has 0 saturated heterocycles. The molecule has 0 heterocycles. The van der Waals surface area contributed by atoms with Crippen LogP contribution in [0.4, 0.5) is 0 Å². The summed E-state index contributed by atoms with van der Waals surface area (Å²) in [7, 11) is 0. The summed E-state index contributed by atoms with van der Waals surface area (Å²) in [6.07, 6.45) is 0.787. The summed E-state index contributed by atoms with van der Waals surface area (Å²) in [4.78, 5) is 0. The second-order valence-electron chi connectivity index (χ2n) is 3.66. The maximum Gasteiger partial charge on any atom is 0.169 e. The number of rotatable bonds is 6. The predicted octanol–water partition coefficient (Wildman–Crippen LogP) is 3.02. The lowest BCUT2D eigenvalue weighted by Gasteiger charge is -2.29. The van der Waals surface area contributed by atoms with E-state index >= 15 is 0 Å². The van der Waals surface area contributed by atoms with Crippen molar-refractivity contribution < 1.29 is 9.47 Å². The second kappa shape index (κ2) is 5.89. The zero-order valence-electron chi connectivity index (χ0n) is 9.82. The Morgan fingerprint density at radius 1 is 1.00 bits per heavy atom. The summed E-state index contributed by atoms with van der Waals surface area (Å²) in [6.45, 7) is 7.31. The average molecular weight is 208 g/mol. The largest absolute Gasteiger partial charge is 0.350 e. The van der Waals surface area contributed by atoms with E-state index in [1.54, 1.807) is 0 Å². The van der Waals surface area contributed by atoms with Crippen molar-refractivity contribution in [1.29, 1.82) is 0 Å². The SMILES string of the molecule is CCOC(C)(Cc1ccccc1)OCC. The Morgan fingerprint density at radius 2 is 1.53 bits per heavy atom. The molecule has 2 heteroatoms. The maximum absolute atomic E-state index is 5.65. The summed E-state index contributed by atoms with van der Waals surface area (Å²) in [5, 5.41) is 0. The number of ether oxygens (including phenoxy) is 2. The smallest absolute Gasteiger partial charge is 0.169 e. The van der Waals surface area contributed by atoms with E-state index < -0.39 is 5.79 Å². The van der Waals surface area contributed by atoms with Gasteiger partial charge in [-0.05, 0) is 26.3 Å². The molecule has 15 heavy (non-hydrogen) atoms. The summed E-state index contributed by atoms with van der Waals surface area (Å²) in [5.41, 5.74) is 1.24. The Labute approximate surface area is 92.2 Å². The molecule has 0 unspecified atom stereocenters. The Bertz CT molecular complexity index is 263. The fourth-order valence-corrected chi connectivity index (χ4v) is 1.72. The highest BCUT2D eigenvalue weighted by Gasteiger charge is 2.24. The van der Waals surface area contributed by atoms with Crippen LogP contribution in [0.25, 0.3) is 0 Å². The van der Waals surface area contributed by atoms with Gasteiger partial charge in [0.2, 0.25) is 0 Å². The molecular weight excluding hydrogens is 188 g/mol. The van der Waals surface area contributed by atoms with Gasteiger partial charge in [0, 0.05) is 19.6 Å². The van der Waals surface area contributed by atoms with Crippen molar-refractivity contribution in [3.63, 3.8) is 0 Å². The highest BCUT2D eigenvalue weighted by molar-refractivity contribution is 5.16. The van der Waals surface area contributed by atoms with Crippen LogP contribution in [0.5, 0.6) is 0 Å². The molecule has 0 spiro atoms. The molecule has 0 aliphatic carbocycles. The van der Waals surface area contributed by atoms with Gasteiger partial charge < -0.3 is 9.47 Å². The molecule has 2 nitrogen and oxygen atoms in total. The summed E-state index contributed by atoms with van der Waals surface area (Å²) in [6, 6.07) is 10.3. The lowest BCUT2D eigenvalue weighted by molar-refractivity contribution is -0.219. The van der Waals surface area contributed by atoms with E-state index in [1.165, 1.54) is 5.56 Å². The standard InChI is InChI=1S/C13H20O2/c1-4-14-13(3,15-5-2)11-12-9-7-6-8-10-12/h6-10H,4-5,11H2,1-3H3. The zero-order chi connectivity index (χ0) is 11.1. The molecule has 0 saturated carbocycles. The molecule has 84 valence electrons. The quantitative estimate of drug-likeness (QED) is 0.669. The third-order valence-electron chi connectivity index (χ3n) is 2.27. The van der Waals surface area contributed by atoms with Crippen LogP contribution in [0.2, 0.25) is 0 Å². The molecule has 0 N–H and O–H groups in total. The highest BCUT2D eigenvalue weighted by atomic mass is 16.7. The van der Waals surface area contributed by atoms with Gasteiger partial charge in [-0.25, -0.2) is 0 Å². The molecular formula is C13H20O2. The normalized spacial score (nSPS) is 11.7. The fraction of sp³-hybridized carbons (Fsp3) is 0.538. The summed E-state index contributed by atoms with van der Waals surface area (Å²) < 4.78 is 11.3. The van der Waals surface area contributed by atoms with E-state index in [1.807, 2.05) is 39.0 Å². The van der Waals surface area contributed by atoms with Crippen LogP contribution in [-0.2, 0) is 15.9 Å². The van der Waals surface area contributed by atoms with Crippen LogP contribution in [0.3, 0.4) is 0 Å². The van der Waals surface area contributed by atoms with Crippen LogP contribution < -0.4 is 0 Å². The molecule has 0 atom stereocenters. The summed E-state index contributed by atoms with van der Waals surface area (Å²) in [5.74, 6) is -0.495. The van der Waals surface area contributed by atoms with Gasteiger partial charge in [-0.3, -0.25) is 0 Å². The van der Waals surface area contributed by atoms with Crippen LogP contribution in [-0.4, -0.2) is 19.0 Å². The van der Waals surface area contributed by atoms with E-state index in [0.29, 0.717) is 13.2 Å². The van der Waals surface area contributed by atoms with E-state index in [2.05, 4.69) is 12.1 Å². The van der Waals surface area contributed by atoms with E-state index in [9.17, 15) is 0 Å². The Kier molecular flexibility index (Phi) is 4.79. The predicted molar refractivity (Wildman–Crippen MR) is 61.8 cm³/mol. The first-order chi connectivity index (χ1) is 7.20. The van der Waals surface area contributed by atoms with Crippen LogP contribution in [0.1, 0.15) is 26.3 Å². The lowest BCUT2D eigenvalue weighted by atomic mass is 10.1. The van der Waals surface area contributed by atoms with Crippen molar-refractivity contribution in [1.82, 2.24) is 0 Å². The van der Waals surface area contributed by atoms with Gasteiger partial charge in [0.1, 0.15) is 0 Å². The minimum absolute atomic E-state index is 0.495. The van der Waals surface area contributed by atoms with Gasteiger partial charge in [-0.2, -0.15) is 0 Å². The first-order valence-corrected chi connectivity index (χ1v) is 5.52. The van der Waals surface area contributed by atoms with E-state index in [-0.39, 0.29) is 0 Å². The van der Waals surface area contributed by atoms with Gasteiger partial charge in [-0.15, -0.1) is 0 Å². The molecule has 0 aliphatic rings. The van der Waals surface area contributed by atoms with Crippen molar-refractivity contribution in [2.24, 2.45) is 0 Å². The van der Waals surface area contributed by atoms with Crippen molar-refractivity contribution in [3.05, 3.63) is 35.9 Å². The summed E-state index contributed by atoms with van der Waals surface area (Å²) >= 11 is 0. The minimum Gasteiger partial charge on any atom is -0.350 e. The van der Waals surface area contributed by atoms with Crippen molar-refractivity contribution >= 4 is 0 Å². The van der Waals surface area contributed by atoms with Gasteiger partial charge >= 0.3 is 0 Å². The van der Waals surface area contributed by atoms with E-state index in [0.717, 1.165) is 6.42 Å². The van der Waals surface area contributed by atoms with Crippen LogP contribution in [0.15, 0.2) is 30.3 Å². The van der Waals surface area contributed by atoms with Gasteiger partial charge in [0.15, 0.2) is 5.79 Å². The number of hydrogen-bond acceptors (Lipinski definition) is 2. The molecule has 0 aromatic heterocycles. The van der Waals surface area contributed by atoms with Crippen LogP contribution in [0, 0.1) is 0 Å². The molecule has 1 rings (SSSR count). The topological polar surface area (TPSA) is 18.5 Å². The molecule has 0 bridgehead atoms. The van der Waals surface area contributed by atoms with Gasteiger partial charge in [0.05, 0.1) is 0 Å². The molecule has 0 amide bonds. The third kappa shape index (κ3) is 4.02. The van der Waals surface area contributed by atoms with Crippen molar-refractivity contribution in [3.8, 4) is 0 Å². The lowest BCUT2D eigenvalue weighted by Crippen LogP contribution is -2.35. The first-order valence-electron chi connectivity index (χ1n) is 5.52. The molecule has 0 fully saturated rings. The van der Waals surface area contributed by atoms with Crippen LogP contribution >= 0.6 is 0 Å². The zero-order valence-corrected chi connectivity index (χ0v) is 9.82. The number of hydrogen-bond donors (Lipinski definition) is 0. The minimum atomic E-state index is -0.495. The highest BCUT2D eigenvalue weighted by Crippen LogP contribution is 2.19. The molecule has 0 radical (unpaired) electrons.